The molecule has 20 heavy (non-hydrogen) atoms. The summed E-state index contributed by atoms with van der Waals surface area (Å²) in [6.07, 6.45) is -8.90. The first-order chi connectivity index (χ1) is 9.01. The van der Waals surface area contributed by atoms with Crippen LogP contribution in [0.4, 0.5) is 17.6 Å². The fraction of sp³-hybridized carbons (Fsp3) is 0.909. The van der Waals surface area contributed by atoms with Gasteiger partial charge in [0.05, 0.1) is 25.6 Å². The number of ether oxygens (including phenoxy) is 1. The van der Waals surface area contributed by atoms with Gasteiger partial charge in [-0.3, -0.25) is 14.4 Å². The fourth-order valence-electron chi connectivity index (χ4n) is 2.00. The molecular weight excluding hydrogens is 284 g/mol. The van der Waals surface area contributed by atoms with Crippen molar-refractivity contribution in [3.63, 3.8) is 0 Å². The van der Waals surface area contributed by atoms with E-state index in [-0.39, 0.29) is 19.4 Å². The summed E-state index contributed by atoms with van der Waals surface area (Å²) in [5.74, 6) is -1.11. The number of amides is 1. The summed E-state index contributed by atoms with van der Waals surface area (Å²) in [4.78, 5) is 11.5. The lowest BCUT2D eigenvalue weighted by atomic mass is 9.98. The largest absolute Gasteiger partial charge is 0.392 e. The maximum Gasteiger partial charge on any atom is 0.372 e. The maximum absolute atomic E-state index is 13.0. The molecule has 2 atom stereocenters. The van der Waals surface area contributed by atoms with Gasteiger partial charge in [0.1, 0.15) is 0 Å². The van der Waals surface area contributed by atoms with Crippen LogP contribution in [0.25, 0.3) is 0 Å². The summed E-state index contributed by atoms with van der Waals surface area (Å²) in [5, 5.41) is 9.58. The number of hydrogen-bond acceptors (Lipinski definition) is 4. The highest BCUT2D eigenvalue weighted by Gasteiger charge is 2.51. The zero-order valence-electron chi connectivity index (χ0n) is 11.0. The van der Waals surface area contributed by atoms with Crippen molar-refractivity contribution in [3.05, 3.63) is 0 Å². The van der Waals surface area contributed by atoms with Crippen molar-refractivity contribution in [1.82, 2.24) is 4.90 Å². The van der Waals surface area contributed by atoms with E-state index >= 15 is 0 Å². The Bertz CT molecular complexity index is 339. The Balaban J connectivity index is 2.46. The summed E-state index contributed by atoms with van der Waals surface area (Å²) in [6.45, 7) is -0.335. The van der Waals surface area contributed by atoms with Gasteiger partial charge < -0.3 is 10.8 Å². The highest BCUT2D eigenvalue weighted by atomic mass is 19.3. The van der Waals surface area contributed by atoms with Crippen LogP contribution in [0, 0.1) is 5.92 Å². The first kappa shape index (κ1) is 17.1. The molecule has 0 bridgehead atoms. The average molecular weight is 302 g/mol. The predicted molar refractivity (Wildman–Crippen MR) is 61.0 cm³/mol. The molecule has 0 aromatic carbocycles. The smallest absolute Gasteiger partial charge is 0.372 e. The van der Waals surface area contributed by atoms with E-state index in [1.165, 1.54) is 0 Å². The van der Waals surface area contributed by atoms with E-state index in [4.69, 9.17) is 5.73 Å². The molecule has 1 amide bonds. The lowest BCUT2D eigenvalue weighted by Crippen LogP contribution is -2.55. The number of carbonyl (C=O) groups excluding carboxylic acids is 1. The number of hydrogen-bond donors (Lipinski definition) is 2. The Kier molecular flexibility index (Phi) is 5.33. The van der Waals surface area contributed by atoms with Crippen LogP contribution < -0.4 is 5.73 Å². The predicted octanol–water partition coefficient (Wildman–Crippen LogP) is 0.767. The van der Waals surface area contributed by atoms with Crippen LogP contribution in [0.2, 0.25) is 0 Å². The van der Waals surface area contributed by atoms with Gasteiger partial charge in [0, 0.05) is 0 Å². The van der Waals surface area contributed by atoms with Crippen LogP contribution >= 0.6 is 0 Å². The number of primary amides is 1. The fourth-order valence-corrected chi connectivity index (χ4v) is 2.00. The highest BCUT2D eigenvalue weighted by molar-refractivity contribution is 5.74. The van der Waals surface area contributed by atoms with E-state index in [0.29, 0.717) is 0 Å². The van der Waals surface area contributed by atoms with Gasteiger partial charge in [-0.2, -0.15) is 17.6 Å². The molecular formula is C11H18F4N2O3. The van der Waals surface area contributed by atoms with Crippen LogP contribution in [0.3, 0.4) is 0 Å². The number of nitrogens with two attached hydrogens (primary N) is 1. The third-order valence-electron chi connectivity index (χ3n) is 3.08. The summed E-state index contributed by atoms with van der Waals surface area (Å²) >= 11 is 0. The summed E-state index contributed by atoms with van der Waals surface area (Å²) in [6, 6.07) is 0. The summed E-state index contributed by atoms with van der Waals surface area (Å²) in [7, 11) is 0. The van der Waals surface area contributed by atoms with Gasteiger partial charge >= 0.3 is 12.2 Å². The molecule has 0 unspecified atom stereocenters. The molecule has 1 aliphatic rings. The molecule has 1 fully saturated rings. The Labute approximate surface area is 113 Å². The molecule has 1 heterocycles. The SMILES string of the molecule is C[C@H](CCN1CC(F)(F)OC(F)(F)C1)[C@@H](O)CC(N)=O. The molecule has 5 nitrogen and oxygen atoms in total. The van der Waals surface area contributed by atoms with Crippen molar-refractivity contribution in [2.75, 3.05) is 19.6 Å². The Morgan fingerprint density at radius 1 is 1.35 bits per heavy atom. The number of aliphatic hydroxyl groups excluding tert-OH is 1. The Hall–Kier alpha value is -0.930. The number of rotatable bonds is 6. The quantitative estimate of drug-likeness (QED) is 0.711. The van der Waals surface area contributed by atoms with Gasteiger partial charge in [-0.15, -0.1) is 0 Å². The zero-order chi connectivity index (χ0) is 15.6. The summed E-state index contributed by atoms with van der Waals surface area (Å²) < 4.78 is 55.2. The third kappa shape index (κ3) is 5.59. The number of carbonyl (C=O) groups is 1. The molecule has 0 aromatic heterocycles. The van der Waals surface area contributed by atoms with Crippen molar-refractivity contribution in [3.8, 4) is 0 Å². The van der Waals surface area contributed by atoms with E-state index < -0.39 is 43.2 Å². The second kappa shape index (κ2) is 6.23. The topological polar surface area (TPSA) is 75.8 Å². The molecule has 0 spiro atoms. The van der Waals surface area contributed by atoms with Crippen molar-refractivity contribution < 1.29 is 32.2 Å². The molecule has 1 aliphatic heterocycles. The van der Waals surface area contributed by atoms with Gasteiger partial charge in [0.15, 0.2) is 0 Å². The van der Waals surface area contributed by atoms with Gasteiger partial charge in [-0.1, -0.05) is 6.92 Å². The Morgan fingerprint density at radius 3 is 2.30 bits per heavy atom. The second-order valence-corrected chi connectivity index (χ2v) is 5.09. The average Bonchev–Trinajstić information content (AvgIpc) is 2.20. The first-order valence-electron chi connectivity index (χ1n) is 6.15. The molecule has 9 heteroatoms. The monoisotopic (exact) mass is 302 g/mol. The van der Waals surface area contributed by atoms with E-state index in [0.717, 1.165) is 4.90 Å². The number of nitrogens with zero attached hydrogens (tertiary/aromatic N) is 1. The molecule has 118 valence electrons. The number of morpholine rings is 1. The third-order valence-corrected chi connectivity index (χ3v) is 3.08. The van der Waals surface area contributed by atoms with E-state index in [1.54, 1.807) is 6.92 Å². The molecule has 1 rings (SSSR count). The molecule has 0 radical (unpaired) electrons. The van der Waals surface area contributed by atoms with E-state index in [2.05, 4.69) is 4.74 Å². The van der Waals surface area contributed by atoms with Crippen LogP contribution in [0.15, 0.2) is 0 Å². The lowest BCUT2D eigenvalue weighted by Gasteiger charge is -2.37. The van der Waals surface area contributed by atoms with Crippen LogP contribution in [-0.2, 0) is 9.53 Å². The number of aliphatic hydroxyl groups is 1. The normalized spacial score (nSPS) is 25.1. The van der Waals surface area contributed by atoms with Gasteiger partial charge in [0.25, 0.3) is 0 Å². The maximum atomic E-state index is 13.0. The summed E-state index contributed by atoms with van der Waals surface area (Å²) in [5.41, 5.74) is 4.92. The molecule has 1 saturated heterocycles. The number of halogens is 4. The van der Waals surface area contributed by atoms with Gasteiger partial charge in [-0.25, -0.2) is 0 Å². The van der Waals surface area contributed by atoms with Gasteiger partial charge in [-0.05, 0) is 18.9 Å². The van der Waals surface area contributed by atoms with E-state index in [1.807, 2.05) is 0 Å². The number of alkyl halides is 4. The van der Waals surface area contributed by atoms with Crippen LogP contribution in [-0.4, -0.2) is 53.9 Å². The first-order valence-corrected chi connectivity index (χ1v) is 6.15. The lowest BCUT2D eigenvalue weighted by molar-refractivity contribution is -0.405. The minimum Gasteiger partial charge on any atom is -0.392 e. The van der Waals surface area contributed by atoms with Gasteiger partial charge in [0.2, 0.25) is 5.91 Å². The zero-order valence-corrected chi connectivity index (χ0v) is 11.0. The highest BCUT2D eigenvalue weighted by Crippen LogP contribution is 2.33. The minimum absolute atomic E-state index is 0.0640. The van der Waals surface area contributed by atoms with Crippen molar-refractivity contribution in [1.29, 1.82) is 0 Å². The van der Waals surface area contributed by atoms with Crippen LogP contribution in [0.1, 0.15) is 19.8 Å². The molecule has 0 aliphatic carbocycles. The van der Waals surface area contributed by atoms with Crippen molar-refractivity contribution in [2.24, 2.45) is 11.7 Å². The molecule has 0 aromatic rings. The second-order valence-electron chi connectivity index (χ2n) is 5.09. The molecule has 3 N–H and O–H groups in total. The van der Waals surface area contributed by atoms with Crippen molar-refractivity contribution >= 4 is 5.91 Å². The van der Waals surface area contributed by atoms with Crippen LogP contribution in [0.5, 0.6) is 0 Å². The molecule has 0 saturated carbocycles. The minimum atomic E-state index is -3.91. The Morgan fingerprint density at radius 2 is 1.85 bits per heavy atom. The van der Waals surface area contributed by atoms with E-state index in [9.17, 15) is 27.5 Å². The standard InChI is InChI=1S/C11H18F4N2O3/c1-7(8(18)4-9(16)19)2-3-17-5-10(12,13)20-11(14,15)6-17/h7-8,18H,2-6H2,1H3,(H2,16,19)/t7-,8+/m1/s1. The van der Waals surface area contributed by atoms with Crippen molar-refractivity contribution in [2.45, 2.75) is 38.1 Å².